The Bertz CT molecular complexity index is 1280. The molecule has 2 heterocycles. The van der Waals surface area contributed by atoms with E-state index in [9.17, 15) is 14.5 Å². The predicted octanol–water partition coefficient (Wildman–Crippen LogP) is 5.52. The molecule has 0 spiro atoms. The predicted molar refractivity (Wildman–Crippen MR) is 113 cm³/mol. The minimum absolute atomic E-state index is 0.0125. The summed E-state index contributed by atoms with van der Waals surface area (Å²) in [7, 11) is 0. The van der Waals surface area contributed by atoms with E-state index in [2.05, 4.69) is 25.6 Å². The third kappa shape index (κ3) is 3.83. The fourth-order valence-corrected chi connectivity index (χ4v) is 3.10. The van der Waals surface area contributed by atoms with E-state index in [0.29, 0.717) is 16.9 Å². The van der Waals surface area contributed by atoms with Crippen LogP contribution in [0.4, 0.5) is 33.1 Å². The van der Waals surface area contributed by atoms with Crippen molar-refractivity contribution in [3.05, 3.63) is 81.5 Å². The Morgan fingerprint density at radius 1 is 1.07 bits per heavy atom. The zero-order valence-corrected chi connectivity index (χ0v) is 16.3. The minimum Gasteiger partial charge on any atom is -0.334 e. The van der Waals surface area contributed by atoms with E-state index in [1.54, 1.807) is 6.07 Å². The van der Waals surface area contributed by atoms with E-state index in [0.717, 1.165) is 17.1 Å². The second-order valence-corrected chi connectivity index (χ2v) is 6.79. The number of aromatic nitrogens is 3. The van der Waals surface area contributed by atoms with Gasteiger partial charge in [-0.3, -0.25) is 15.1 Å². The van der Waals surface area contributed by atoms with Crippen molar-refractivity contribution in [3.8, 4) is 0 Å². The van der Waals surface area contributed by atoms with Crippen LogP contribution in [0.15, 0.2) is 54.9 Å². The molecule has 0 aliphatic heterocycles. The molecule has 0 unspecified atom stereocenters. The van der Waals surface area contributed by atoms with Gasteiger partial charge in [0.15, 0.2) is 0 Å². The van der Waals surface area contributed by atoms with Gasteiger partial charge >= 0.3 is 5.69 Å². The molecule has 150 valence electrons. The molecule has 0 radical (unpaired) electrons. The highest BCUT2D eigenvalue weighted by molar-refractivity contribution is 6.31. The van der Waals surface area contributed by atoms with Gasteiger partial charge in [0.25, 0.3) is 0 Å². The van der Waals surface area contributed by atoms with Gasteiger partial charge in [-0.15, -0.1) is 0 Å². The van der Waals surface area contributed by atoms with Gasteiger partial charge in [0.1, 0.15) is 12.1 Å². The number of hydrogen-bond donors (Lipinski definition) is 2. The van der Waals surface area contributed by atoms with E-state index in [1.807, 2.05) is 31.2 Å². The van der Waals surface area contributed by atoms with E-state index in [1.165, 1.54) is 18.5 Å². The number of anilines is 4. The van der Waals surface area contributed by atoms with Gasteiger partial charge in [0.05, 0.1) is 21.2 Å². The molecule has 0 saturated heterocycles. The zero-order chi connectivity index (χ0) is 21.3. The van der Waals surface area contributed by atoms with Gasteiger partial charge in [0, 0.05) is 16.8 Å². The molecule has 0 saturated carbocycles. The lowest BCUT2D eigenvalue weighted by Gasteiger charge is -2.12. The number of nitrogens with one attached hydrogen (secondary N) is 2. The molecule has 2 aromatic carbocycles. The first-order chi connectivity index (χ1) is 14.4. The van der Waals surface area contributed by atoms with Gasteiger partial charge in [0.2, 0.25) is 11.6 Å². The lowest BCUT2D eigenvalue weighted by Crippen LogP contribution is -2.06. The second-order valence-electron chi connectivity index (χ2n) is 6.39. The Morgan fingerprint density at radius 3 is 2.57 bits per heavy atom. The average Bonchev–Trinajstić information content (AvgIpc) is 2.71. The number of nitro groups is 1. The molecule has 4 aromatic rings. The summed E-state index contributed by atoms with van der Waals surface area (Å²) >= 11 is 5.79. The molecular weight excluding hydrogens is 411 g/mol. The van der Waals surface area contributed by atoms with Gasteiger partial charge in [-0.05, 0) is 37.3 Å². The SMILES string of the molecule is Cc1ccc2cccc(Nc3ncnc(Nc4ccc(F)c(Cl)c4)c3[N+](=O)[O-])c2n1. The van der Waals surface area contributed by atoms with E-state index in [4.69, 9.17) is 11.6 Å². The van der Waals surface area contributed by atoms with Crippen molar-refractivity contribution in [1.29, 1.82) is 0 Å². The average molecular weight is 425 g/mol. The summed E-state index contributed by atoms with van der Waals surface area (Å²) in [5.74, 6) is -0.674. The smallest absolute Gasteiger partial charge is 0.334 e. The van der Waals surface area contributed by atoms with Crippen molar-refractivity contribution in [2.24, 2.45) is 0 Å². The molecular formula is C20H14ClFN6O2. The monoisotopic (exact) mass is 424 g/mol. The zero-order valence-electron chi connectivity index (χ0n) is 15.6. The molecule has 30 heavy (non-hydrogen) atoms. The molecule has 2 aromatic heterocycles. The first-order valence-electron chi connectivity index (χ1n) is 8.77. The maximum atomic E-state index is 13.4. The first-order valence-corrected chi connectivity index (χ1v) is 9.15. The summed E-state index contributed by atoms with van der Waals surface area (Å²) in [5, 5.41) is 18.3. The molecule has 10 heteroatoms. The third-order valence-electron chi connectivity index (χ3n) is 4.30. The van der Waals surface area contributed by atoms with Crippen molar-refractivity contribution < 1.29 is 9.31 Å². The lowest BCUT2D eigenvalue weighted by atomic mass is 10.1. The summed E-state index contributed by atoms with van der Waals surface area (Å²) in [6.45, 7) is 1.86. The molecule has 0 aliphatic rings. The van der Waals surface area contributed by atoms with Crippen molar-refractivity contribution in [3.63, 3.8) is 0 Å². The van der Waals surface area contributed by atoms with Crippen molar-refractivity contribution in [2.75, 3.05) is 10.6 Å². The van der Waals surface area contributed by atoms with Crippen LogP contribution >= 0.6 is 11.6 Å². The summed E-state index contributed by atoms with van der Waals surface area (Å²) in [5.41, 5.74) is 2.00. The molecule has 0 amide bonds. The Balaban J connectivity index is 1.76. The van der Waals surface area contributed by atoms with Crippen LogP contribution in [0.25, 0.3) is 10.9 Å². The quantitative estimate of drug-likeness (QED) is 0.321. The Kier molecular flexibility index (Phi) is 5.11. The number of halogens is 2. The normalized spacial score (nSPS) is 10.8. The fraction of sp³-hybridized carbons (Fsp3) is 0.0500. The maximum absolute atomic E-state index is 13.4. The highest BCUT2D eigenvalue weighted by atomic mass is 35.5. The molecule has 2 N–H and O–H groups in total. The maximum Gasteiger partial charge on any atom is 0.353 e. The van der Waals surface area contributed by atoms with Crippen LogP contribution in [0.2, 0.25) is 5.02 Å². The van der Waals surface area contributed by atoms with E-state index >= 15 is 0 Å². The topological polar surface area (TPSA) is 106 Å². The van der Waals surface area contributed by atoms with Crippen LogP contribution in [-0.2, 0) is 0 Å². The standard InChI is InChI=1S/C20H14ClFN6O2/c1-11-5-6-12-3-2-4-16(17(12)25-11)27-20-18(28(29)30)19(23-10-24-20)26-13-7-8-15(22)14(21)9-13/h2-10H,1H3,(H2,23,24,26,27). The third-order valence-corrected chi connectivity index (χ3v) is 4.59. The molecule has 0 aliphatic carbocycles. The number of benzene rings is 2. The van der Waals surface area contributed by atoms with Gasteiger partial charge < -0.3 is 10.6 Å². The van der Waals surface area contributed by atoms with Crippen LogP contribution < -0.4 is 10.6 Å². The van der Waals surface area contributed by atoms with Gasteiger partial charge in [-0.25, -0.2) is 14.4 Å². The summed E-state index contributed by atoms with van der Waals surface area (Å²) in [6, 6.07) is 13.1. The number of nitrogens with zero attached hydrogens (tertiary/aromatic N) is 4. The molecule has 0 bridgehead atoms. The number of fused-ring (bicyclic) bond motifs is 1. The lowest BCUT2D eigenvalue weighted by molar-refractivity contribution is -0.383. The first kappa shape index (κ1) is 19.5. The molecule has 0 atom stereocenters. The Morgan fingerprint density at radius 2 is 1.83 bits per heavy atom. The fourth-order valence-electron chi connectivity index (χ4n) is 2.92. The number of pyridine rings is 1. The number of aryl methyl sites for hydroxylation is 1. The van der Waals surface area contributed by atoms with Crippen LogP contribution in [0.5, 0.6) is 0 Å². The van der Waals surface area contributed by atoms with Gasteiger partial charge in [-0.1, -0.05) is 29.8 Å². The van der Waals surface area contributed by atoms with Crippen LogP contribution in [0.1, 0.15) is 5.69 Å². The number of rotatable bonds is 5. The Labute approximate surface area is 174 Å². The molecule has 4 rings (SSSR count). The summed E-state index contributed by atoms with van der Waals surface area (Å²) in [4.78, 5) is 23.7. The molecule has 0 fully saturated rings. The van der Waals surface area contributed by atoms with E-state index < -0.39 is 10.7 Å². The summed E-state index contributed by atoms with van der Waals surface area (Å²) in [6.07, 6.45) is 1.19. The number of hydrogen-bond acceptors (Lipinski definition) is 7. The largest absolute Gasteiger partial charge is 0.353 e. The van der Waals surface area contributed by atoms with Crippen molar-refractivity contribution in [2.45, 2.75) is 6.92 Å². The highest BCUT2D eigenvalue weighted by Crippen LogP contribution is 2.35. The molecule has 8 nitrogen and oxygen atoms in total. The van der Waals surface area contributed by atoms with Crippen LogP contribution in [-0.4, -0.2) is 19.9 Å². The van der Waals surface area contributed by atoms with Crippen molar-refractivity contribution in [1.82, 2.24) is 15.0 Å². The second kappa shape index (κ2) is 7.88. The van der Waals surface area contributed by atoms with Gasteiger partial charge in [-0.2, -0.15) is 0 Å². The van der Waals surface area contributed by atoms with Crippen LogP contribution in [0, 0.1) is 22.9 Å². The van der Waals surface area contributed by atoms with Crippen LogP contribution in [0.3, 0.4) is 0 Å². The van der Waals surface area contributed by atoms with E-state index in [-0.39, 0.29) is 22.3 Å². The minimum atomic E-state index is -0.598. The van der Waals surface area contributed by atoms with Crippen molar-refractivity contribution >= 4 is 51.2 Å². The number of para-hydroxylation sites is 1. The summed E-state index contributed by atoms with van der Waals surface area (Å²) < 4.78 is 13.4. The Hall–Kier alpha value is -3.85. The highest BCUT2D eigenvalue weighted by Gasteiger charge is 2.24.